The Kier molecular flexibility index (Phi) is 4.32. The number of hydrogen-bond donors (Lipinski definition) is 1. The Morgan fingerprint density at radius 1 is 1.19 bits per heavy atom. The second kappa shape index (κ2) is 6.17. The molecule has 0 radical (unpaired) electrons. The van der Waals surface area contributed by atoms with Crippen LogP contribution in [0.25, 0.3) is 0 Å². The molecule has 0 bridgehead atoms. The van der Waals surface area contributed by atoms with Gasteiger partial charge in [-0.15, -0.1) is 0 Å². The topological polar surface area (TPSA) is 64.4 Å². The number of anilines is 1. The van der Waals surface area contributed by atoms with Gasteiger partial charge in [0.1, 0.15) is 29.7 Å². The number of nitrogens with one attached hydrogen (secondary N) is 1. The van der Waals surface area contributed by atoms with Crippen molar-refractivity contribution < 1.29 is 18.4 Å². The van der Waals surface area contributed by atoms with Gasteiger partial charge in [-0.05, 0) is 17.7 Å². The van der Waals surface area contributed by atoms with Crippen molar-refractivity contribution in [3.05, 3.63) is 63.7 Å². The van der Waals surface area contributed by atoms with E-state index in [1.165, 1.54) is 12.1 Å². The highest BCUT2D eigenvalue weighted by Gasteiger charge is 2.13. The maximum absolute atomic E-state index is 13.0. The molecule has 0 spiro atoms. The first-order chi connectivity index (χ1) is 9.99. The van der Waals surface area contributed by atoms with E-state index in [1.807, 2.05) is 0 Å². The molecular formula is C14H12F2N2O3. The molecule has 5 nitrogen and oxygen atoms in total. The Morgan fingerprint density at radius 3 is 2.43 bits per heavy atom. The summed E-state index contributed by atoms with van der Waals surface area (Å²) < 4.78 is 31.3. The van der Waals surface area contributed by atoms with Gasteiger partial charge in [0, 0.05) is 31.3 Å². The first kappa shape index (κ1) is 14.7. The van der Waals surface area contributed by atoms with E-state index in [0.717, 1.165) is 18.2 Å². The smallest absolute Gasteiger partial charge is 0.292 e. The summed E-state index contributed by atoms with van der Waals surface area (Å²) >= 11 is 0. The van der Waals surface area contributed by atoms with Crippen LogP contribution in [0.4, 0.5) is 20.2 Å². The van der Waals surface area contributed by atoms with Gasteiger partial charge in [-0.1, -0.05) is 0 Å². The summed E-state index contributed by atoms with van der Waals surface area (Å²) in [5.74, 6) is -1.41. The maximum Gasteiger partial charge on any atom is 0.292 e. The van der Waals surface area contributed by atoms with Gasteiger partial charge in [-0.3, -0.25) is 10.1 Å². The zero-order valence-electron chi connectivity index (χ0n) is 11.1. The van der Waals surface area contributed by atoms with Crippen LogP contribution in [0.2, 0.25) is 0 Å². The van der Waals surface area contributed by atoms with Crippen LogP contribution in [-0.4, -0.2) is 12.0 Å². The minimum absolute atomic E-state index is 0.0373. The van der Waals surface area contributed by atoms with E-state index in [2.05, 4.69) is 5.32 Å². The predicted octanol–water partition coefficient (Wildman–Crippen LogP) is 3.49. The fourth-order valence-corrected chi connectivity index (χ4v) is 1.81. The molecule has 2 rings (SSSR count). The molecule has 0 aliphatic carbocycles. The fraction of sp³-hybridized carbons (Fsp3) is 0.143. The third-order valence-electron chi connectivity index (χ3n) is 2.77. The van der Waals surface area contributed by atoms with E-state index in [4.69, 9.17) is 4.74 Å². The molecular weight excluding hydrogens is 282 g/mol. The molecule has 21 heavy (non-hydrogen) atoms. The number of halogens is 2. The third kappa shape index (κ3) is 3.65. The van der Waals surface area contributed by atoms with E-state index >= 15 is 0 Å². The highest BCUT2D eigenvalue weighted by Crippen LogP contribution is 2.25. The van der Waals surface area contributed by atoms with Crippen LogP contribution in [0.15, 0.2) is 36.4 Å². The van der Waals surface area contributed by atoms with Crippen LogP contribution in [0.5, 0.6) is 5.75 Å². The maximum atomic E-state index is 13.0. The number of hydrogen-bond acceptors (Lipinski definition) is 4. The second-order valence-corrected chi connectivity index (χ2v) is 4.25. The van der Waals surface area contributed by atoms with Crippen LogP contribution in [0.1, 0.15) is 5.56 Å². The van der Waals surface area contributed by atoms with Gasteiger partial charge >= 0.3 is 0 Å². The summed E-state index contributed by atoms with van der Waals surface area (Å²) in [5, 5.41) is 13.5. The van der Waals surface area contributed by atoms with Gasteiger partial charge < -0.3 is 10.1 Å². The summed E-state index contributed by atoms with van der Waals surface area (Å²) in [6.45, 7) is 0.0373. The van der Waals surface area contributed by atoms with Crippen LogP contribution in [0.3, 0.4) is 0 Å². The minimum Gasteiger partial charge on any atom is -0.489 e. The molecule has 2 aromatic rings. The Morgan fingerprint density at radius 2 is 1.86 bits per heavy atom. The summed E-state index contributed by atoms with van der Waals surface area (Å²) in [6, 6.07) is 7.29. The predicted molar refractivity (Wildman–Crippen MR) is 73.3 cm³/mol. The lowest BCUT2D eigenvalue weighted by molar-refractivity contribution is -0.384. The van der Waals surface area contributed by atoms with E-state index < -0.39 is 16.6 Å². The lowest BCUT2D eigenvalue weighted by atomic mass is 10.2. The summed E-state index contributed by atoms with van der Waals surface area (Å²) in [4.78, 5) is 10.3. The number of ether oxygens (including phenoxy) is 1. The van der Waals surface area contributed by atoms with Gasteiger partial charge in [0.05, 0.1) is 4.92 Å². The lowest BCUT2D eigenvalue weighted by Crippen LogP contribution is -2.01. The first-order valence-corrected chi connectivity index (χ1v) is 6.03. The van der Waals surface area contributed by atoms with Crippen molar-refractivity contribution in [2.45, 2.75) is 6.61 Å². The Hall–Kier alpha value is -2.70. The molecule has 7 heteroatoms. The average molecular weight is 294 g/mol. The van der Waals surface area contributed by atoms with Crippen molar-refractivity contribution >= 4 is 11.4 Å². The molecule has 0 saturated carbocycles. The first-order valence-electron chi connectivity index (χ1n) is 6.03. The van der Waals surface area contributed by atoms with Crippen LogP contribution in [0, 0.1) is 21.7 Å². The fourth-order valence-electron chi connectivity index (χ4n) is 1.81. The zero-order valence-corrected chi connectivity index (χ0v) is 11.1. The summed E-state index contributed by atoms with van der Waals surface area (Å²) in [7, 11) is 1.56. The number of benzene rings is 2. The van der Waals surface area contributed by atoms with E-state index in [-0.39, 0.29) is 18.0 Å². The Labute approximate surface area is 119 Å². The molecule has 0 atom stereocenters. The molecule has 0 aliphatic rings. The molecule has 0 heterocycles. The molecule has 0 aliphatic heterocycles. The van der Waals surface area contributed by atoms with Crippen LogP contribution >= 0.6 is 0 Å². The van der Waals surface area contributed by atoms with Crippen molar-refractivity contribution in [2.75, 3.05) is 12.4 Å². The van der Waals surface area contributed by atoms with E-state index in [0.29, 0.717) is 11.3 Å². The molecule has 0 unspecified atom stereocenters. The van der Waals surface area contributed by atoms with Crippen molar-refractivity contribution in [2.24, 2.45) is 0 Å². The monoisotopic (exact) mass is 294 g/mol. The van der Waals surface area contributed by atoms with Gasteiger partial charge in [0.25, 0.3) is 5.69 Å². The number of nitrogens with zero attached hydrogens (tertiary/aromatic N) is 1. The SMILES string of the molecule is CNc1cc(COc2cc(F)cc(F)c2)ccc1[N+](=O)[O-]. The highest BCUT2D eigenvalue weighted by molar-refractivity contribution is 5.62. The number of rotatable bonds is 5. The van der Waals surface area contributed by atoms with Crippen LogP contribution in [-0.2, 0) is 6.61 Å². The molecule has 0 aromatic heterocycles. The van der Waals surface area contributed by atoms with Gasteiger partial charge in [-0.25, -0.2) is 8.78 Å². The average Bonchev–Trinajstić information content (AvgIpc) is 2.43. The molecule has 110 valence electrons. The van der Waals surface area contributed by atoms with Crippen molar-refractivity contribution in [1.29, 1.82) is 0 Å². The number of nitro benzene ring substituents is 1. The van der Waals surface area contributed by atoms with E-state index in [9.17, 15) is 18.9 Å². The molecule has 0 amide bonds. The molecule has 0 fully saturated rings. The Bertz CT molecular complexity index is 657. The van der Waals surface area contributed by atoms with E-state index in [1.54, 1.807) is 13.1 Å². The molecule has 1 N–H and O–H groups in total. The molecule has 0 saturated heterocycles. The highest BCUT2D eigenvalue weighted by atomic mass is 19.1. The Balaban J connectivity index is 2.14. The quantitative estimate of drug-likeness (QED) is 0.677. The molecule has 2 aromatic carbocycles. The summed E-state index contributed by atoms with van der Waals surface area (Å²) in [6.07, 6.45) is 0. The summed E-state index contributed by atoms with van der Waals surface area (Å²) in [5.41, 5.74) is 0.916. The minimum atomic E-state index is -0.732. The van der Waals surface area contributed by atoms with Crippen molar-refractivity contribution in [3.8, 4) is 5.75 Å². The third-order valence-corrected chi connectivity index (χ3v) is 2.77. The standard InChI is InChI=1S/C14H12F2N2O3/c1-17-13-4-9(2-3-14(13)18(19)20)8-21-12-6-10(15)5-11(16)7-12/h2-7,17H,8H2,1H3. The van der Waals surface area contributed by atoms with Gasteiger partial charge in [0.2, 0.25) is 0 Å². The lowest BCUT2D eigenvalue weighted by Gasteiger charge is -2.08. The van der Waals surface area contributed by atoms with Gasteiger partial charge in [-0.2, -0.15) is 0 Å². The van der Waals surface area contributed by atoms with Crippen molar-refractivity contribution in [3.63, 3.8) is 0 Å². The number of nitro groups is 1. The van der Waals surface area contributed by atoms with Crippen molar-refractivity contribution in [1.82, 2.24) is 0 Å². The largest absolute Gasteiger partial charge is 0.489 e. The van der Waals surface area contributed by atoms with Crippen LogP contribution < -0.4 is 10.1 Å². The zero-order chi connectivity index (χ0) is 15.4. The van der Waals surface area contributed by atoms with Gasteiger partial charge in [0.15, 0.2) is 0 Å². The second-order valence-electron chi connectivity index (χ2n) is 4.25. The normalized spacial score (nSPS) is 10.2.